The van der Waals surface area contributed by atoms with E-state index in [0.717, 1.165) is 36.6 Å². The zero-order chi connectivity index (χ0) is 15.5. The molecule has 1 saturated carbocycles. The summed E-state index contributed by atoms with van der Waals surface area (Å²) < 4.78 is 7.66. The maximum Gasteiger partial charge on any atom is 0.226 e. The van der Waals surface area contributed by atoms with Crippen molar-refractivity contribution in [2.24, 2.45) is 5.92 Å². The van der Waals surface area contributed by atoms with Crippen LogP contribution in [0.2, 0.25) is 0 Å². The third-order valence-corrected chi connectivity index (χ3v) is 4.13. The van der Waals surface area contributed by atoms with E-state index in [9.17, 15) is 0 Å². The Balaban J connectivity index is 1.99. The van der Waals surface area contributed by atoms with Gasteiger partial charge in [0.05, 0.1) is 30.7 Å². The smallest absolute Gasteiger partial charge is 0.226 e. The number of ether oxygens (including phenoxy) is 1. The van der Waals surface area contributed by atoms with Crippen LogP contribution < -0.4 is 10.5 Å². The first-order valence-corrected chi connectivity index (χ1v) is 7.88. The molecule has 0 aliphatic heterocycles. The Hall–Kier alpha value is -2.29. The SMILES string of the molecule is CCCCOc1nccc2c1c(N)nn2[C@@H](CC#N)C1CC1. The number of nitriles is 1. The fraction of sp³-hybridized carbons (Fsp3) is 0.562. The predicted molar refractivity (Wildman–Crippen MR) is 84.3 cm³/mol. The molecule has 6 heteroatoms. The number of nitrogens with two attached hydrogens (primary N) is 1. The molecule has 0 aromatic carbocycles. The van der Waals surface area contributed by atoms with Crippen LogP contribution in [0.3, 0.4) is 0 Å². The Kier molecular flexibility index (Phi) is 4.14. The summed E-state index contributed by atoms with van der Waals surface area (Å²) in [7, 11) is 0. The highest BCUT2D eigenvalue weighted by Crippen LogP contribution is 2.43. The number of anilines is 1. The summed E-state index contributed by atoms with van der Waals surface area (Å²) in [6, 6.07) is 4.26. The first-order chi connectivity index (χ1) is 10.8. The lowest BCUT2D eigenvalue weighted by molar-refractivity contribution is 0.302. The zero-order valence-electron chi connectivity index (χ0n) is 12.8. The van der Waals surface area contributed by atoms with Crippen LogP contribution >= 0.6 is 0 Å². The van der Waals surface area contributed by atoms with Gasteiger partial charge in [-0.15, -0.1) is 0 Å². The monoisotopic (exact) mass is 299 g/mol. The lowest BCUT2D eigenvalue weighted by atomic mass is 10.1. The summed E-state index contributed by atoms with van der Waals surface area (Å²) >= 11 is 0. The summed E-state index contributed by atoms with van der Waals surface area (Å²) in [5.74, 6) is 1.50. The van der Waals surface area contributed by atoms with Gasteiger partial charge in [0.25, 0.3) is 0 Å². The molecule has 3 rings (SSSR count). The summed E-state index contributed by atoms with van der Waals surface area (Å²) in [6.07, 6.45) is 6.52. The van der Waals surface area contributed by atoms with E-state index in [4.69, 9.17) is 15.7 Å². The largest absolute Gasteiger partial charge is 0.477 e. The van der Waals surface area contributed by atoms with E-state index < -0.39 is 0 Å². The Bertz CT molecular complexity index is 698. The molecule has 0 saturated heterocycles. The van der Waals surface area contributed by atoms with Crippen molar-refractivity contribution in [1.82, 2.24) is 14.8 Å². The van der Waals surface area contributed by atoms with Gasteiger partial charge in [0, 0.05) is 6.20 Å². The van der Waals surface area contributed by atoms with Crippen LogP contribution in [0, 0.1) is 17.2 Å². The molecular weight excluding hydrogens is 278 g/mol. The lowest BCUT2D eigenvalue weighted by Gasteiger charge is -2.14. The molecule has 1 atom stereocenters. The van der Waals surface area contributed by atoms with Crippen LogP contribution in [0.15, 0.2) is 12.3 Å². The number of rotatable bonds is 7. The Morgan fingerprint density at radius 2 is 2.36 bits per heavy atom. The van der Waals surface area contributed by atoms with Gasteiger partial charge in [-0.2, -0.15) is 10.4 Å². The molecule has 116 valence electrons. The fourth-order valence-electron chi connectivity index (χ4n) is 2.79. The molecule has 0 spiro atoms. The molecule has 1 aliphatic rings. The number of fused-ring (bicyclic) bond motifs is 1. The quantitative estimate of drug-likeness (QED) is 0.793. The molecule has 0 radical (unpaired) electrons. The normalized spacial score (nSPS) is 15.6. The van der Waals surface area contributed by atoms with Gasteiger partial charge < -0.3 is 10.5 Å². The van der Waals surface area contributed by atoms with Crippen molar-refractivity contribution in [3.05, 3.63) is 12.3 Å². The van der Waals surface area contributed by atoms with Crippen molar-refractivity contribution in [1.29, 1.82) is 5.26 Å². The van der Waals surface area contributed by atoms with Crippen molar-refractivity contribution in [3.8, 4) is 11.9 Å². The third kappa shape index (κ3) is 2.71. The number of nitrogens with zero attached hydrogens (tertiary/aromatic N) is 4. The van der Waals surface area contributed by atoms with Gasteiger partial charge in [-0.25, -0.2) is 4.98 Å². The molecule has 6 nitrogen and oxygen atoms in total. The van der Waals surface area contributed by atoms with Crippen molar-refractivity contribution in [3.63, 3.8) is 0 Å². The molecule has 2 aromatic rings. The molecule has 2 aromatic heterocycles. The second-order valence-corrected chi connectivity index (χ2v) is 5.81. The van der Waals surface area contributed by atoms with Crippen LogP contribution in [0.1, 0.15) is 45.1 Å². The van der Waals surface area contributed by atoms with Crippen molar-refractivity contribution in [2.75, 3.05) is 12.3 Å². The van der Waals surface area contributed by atoms with Crippen LogP contribution in [-0.2, 0) is 0 Å². The fourth-order valence-corrected chi connectivity index (χ4v) is 2.79. The van der Waals surface area contributed by atoms with Crippen LogP contribution in [0.25, 0.3) is 10.9 Å². The number of hydrogen-bond donors (Lipinski definition) is 1. The summed E-state index contributed by atoms with van der Waals surface area (Å²) in [6.45, 7) is 2.74. The van der Waals surface area contributed by atoms with Crippen LogP contribution in [-0.4, -0.2) is 21.4 Å². The molecule has 1 aliphatic carbocycles. The molecule has 2 heterocycles. The molecule has 22 heavy (non-hydrogen) atoms. The lowest BCUT2D eigenvalue weighted by Crippen LogP contribution is -2.12. The number of nitrogen functional groups attached to an aromatic ring is 1. The number of aromatic nitrogens is 3. The van der Waals surface area contributed by atoms with E-state index in [2.05, 4.69) is 23.1 Å². The maximum atomic E-state index is 9.09. The average molecular weight is 299 g/mol. The van der Waals surface area contributed by atoms with E-state index >= 15 is 0 Å². The van der Waals surface area contributed by atoms with Gasteiger partial charge in [-0.3, -0.25) is 4.68 Å². The summed E-state index contributed by atoms with van der Waals surface area (Å²) in [5.41, 5.74) is 7.01. The molecule has 0 unspecified atom stereocenters. The Morgan fingerprint density at radius 3 is 3.05 bits per heavy atom. The topological polar surface area (TPSA) is 89.8 Å². The van der Waals surface area contributed by atoms with Gasteiger partial charge in [0.15, 0.2) is 5.82 Å². The van der Waals surface area contributed by atoms with Crippen LogP contribution in [0.4, 0.5) is 5.82 Å². The first-order valence-electron chi connectivity index (χ1n) is 7.88. The second-order valence-electron chi connectivity index (χ2n) is 5.81. The maximum absolute atomic E-state index is 9.09. The molecular formula is C16H21N5O. The standard InChI is InChI=1S/C16H21N5O/c1-2-3-10-22-16-14-13(7-9-19-16)21(20-15(14)18)12(6-8-17)11-4-5-11/h7,9,11-12H,2-6,10H2,1H3,(H2,18,20)/t12-/m0/s1. The third-order valence-electron chi connectivity index (χ3n) is 4.13. The van der Waals surface area contributed by atoms with Gasteiger partial charge in [-0.1, -0.05) is 13.3 Å². The van der Waals surface area contributed by atoms with E-state index in [1.54, 1.807) is 6.20 Å². The predicted octanol–water partition coefficient (Wildman–Crippen LogP) is 3.06. The van der Waals surface area contributed by atoms with E-state index in [-0.39, 0.29) is 6.04 Å². The molecule has 0 amide bonds. The van der Waals surface area contributed by atoms with Gasteiger partial charge >= 0.3 is 0 Å². The van der Waals surface area contributed by atoms with Crippen molar-refractivity contribution < 1.29 is 4.74 Å². The summed E-state index contributed by atoms with van der Waals surface area (Å²) in [5, 5.41) is 14.3. The van der Waals surface area contributed by atoms with E-state index in [0.29, 0.717) is 30.6 Å². The molecule has 1 fully saturated rings. The van der Waals surface area contributed by atoms with E-state index in [1.165, 1.54) is 0 Å². The summed E-state index contributed by atoms with van der Waals surface area (Å²) in [4.78, 5) is 4.30. The zero-order valence-corrected chi connectivity index (χ0v) is 12.8. The van der Waals surface area contributed by atoms with Gasteiger partial charge in [0.2, 0.25) is 5.88 Å². The number of unbranched alkanes of at least 4 members (excludes halogenated alkanes) is 1. The minimum atomic E-state index is 0.0932. The Morgan fingerprint density at radius 1 is 1.55 bits per heavy atom. The van der Waals surface area contributed by atoms with Crippen LogP contribution in [0.5, 0.6) is 5.88 Å². The molecule has 0 bridgehead atoms. The van der Waals surface area contributed by atoms with E-state index in [1.807, 2.05) is 10.7 Å². The highest BCUT2D eigenvalue weighted by Gasteiger charge is 2.34. The Labute approximate surface area is 129 Å². The minimum Gasteiger partial charge on any atom is -0.477 e. The minimum absolute atomic E-state index is 0.0932. The average Bonchev–Trinajstić information content (AvgIpc) is 3.30. The highest BCUT2D eigenvalue weighted by molar-refractivity contribution is 5.93. The number of hydrogen-bond acceptors (Lipinski definition) is 5. The van der Waals surface area contributed by atoms with Crippen molar-refractivity contribution >= 4 is 16.7 Å². The number of pyridine rings is 1. The van der Waals surface area contributed by atoms with Crippen molar-refractivity contribution in [2.45, 2.75) is 45.1 Å². The highest BCUT2D eigenvalue weighted by atomic mass is 16.5. The molecule has 2 N–H and O–H groups in total. The first kappa shape index (κ1) is 14.6. The second kappa shape index (κ2) is 6.22. The van der Waals surface area contributed by atoms with Gasteiger partial charge in [0.1, 0.15) is 5.39 Å². The van der Waals surface area contributed by atoms with Gasteiger partial charge in [-0.05, 0) is 31.2 Å².